The number of carbonyl (C=O) groups is 10. The van der Waals surface area contributed by atoms with Gasteiger partial charge in [0, 0.05) is 75.3 Å². The zero-order valence-electron chi connectivity index (χ0n) is 46.1. The molecule has 4 fully saturated rings. The maximum Gasteiger partial charge on any atom is 0.305 e. The molecule has 4 N–H and O–H groups in total. The first-order valence-corrected chi connectivity index (χ1v) is 25.5. The highest BCUT2D eigenvalue weighted by Gasteiger charge is 2.61. The van der Waals surface area contributed by atoms with Crippen LogP contribution in [-0.4, -0.2) is 243 Å². The van der Waals surface area contributed by atoms with Crippen LogP contribution < -0.4 is 0 Å². The number of ether oxygens (including phenoxy) is 18. The minimum absolute atomic E-state index is 0.0492. The highest BCUT2D eigenvalue weighted by Crippen LogP contribution is 2.39. The first-order valence-electron chi connectivity index (χ1n) is 25.5. The van der Waals surface area contributed by atoms with Gasteiger partial charge in [-0.2, -0.15) is 0 Å². The minimum Gasteiger partial charge on any atom is -0.469 e. The van der Waals surface area contributed by atoms with Gasteiger partial charge in [0.05, 0.1) is 13.7 Å². The number of carbonyl (C=O) groups excluding carboxylic acids is 10. The van der Waals surface area contributed by atoms with Crippen molar-refractivity contribution in [2.24, 2.45) is 0 Å². The standard InChI is InChI=1S/C49H72O32/c1-20(51)66-17-30-37(69-23(4)54)40(72-26(7)57)43(47(76-30)65-15-13-11-12-14-33(60)64-10)80-49-45(42(74-28(9)59)39(71-25(6)56)32(78-49)19-68-22(3)53)81-48-44(79-46-36(63)35(62)34(61)29(16-50)75-46)41(73-27(8)58)38(70-24(5)55)31(77-48)18-67-21(2)52/h29-32,34-50,61-63H,11-19H2,1-10H3/t29-,30-,31-,32-,34-,35+,36-,37-,38-,39-,40+,41+,42+,43-,44-,45-,46-,47+,48-,49-/m1/s1. The second-order valence-corrected chi connectivity index (χ2v) is 18.7. The van der Waals surface area contributed by atoms with Crippen molar-refractivity contribution in [2.45, 2.75) is 211 Å². The summed E-state index contributed by atoms with van der Waals surface area (Å²) in [5, 5.41) is 42.8. The Kier molecular flexibility index (Phi) is 26.9. The molecule has 32 nitrogen and oxygen atoms in total. The maximum atomic E-state index is 13.3. The van der Waals surface area contributed by atoms with Crippen LogP contribution in [0.4, 0.5) is 0 Å². The highest BCUT2D eigenvalue weighted by molar-refractivity contribution is 5.70. The lowest BCUT2D eigenvalue weighted by Gasteiger charge is -2.51. The molecule has 0 aromatic rings. The number of hydrogen-bond donors (Lipinski definition) is 4. The van der Waals surface area contributed by atoms with Crippen LogP contribution in [-0.2, 0) is 133 Å². The fraction of sp³-hybridized carbons (Fsp3) is 0.796. The Bertz CT molecular complexity index is 2150. The first-order chi connectivity index (χ1) is 38.1. The van der Waals surface area contributed by atoms with E-state index in [1.54, 1.807) is 0 Å². The van der Waals surface area contributed by atoms with Gasteiger partial charge >= 0.3 is 59.7 Å². The van der Waals surface area contributed by atoms with E-state index < -0.39 is 209 Å². The molecule has 4 saturated heterocycles. The Morgan fingerprint density at radius 2 is 0.704 bits per heavy atom. The molecule has 0 amide bonds. The van der Waals surface area contributed by atoms with Gasteiger partial charge in [-0.15, -0.1) is 0 Å². The Hall–Kier alpha value is -5.78. The molecule has 4 aliphatic rings. The van der Waals surface area contributed by atoms with Crippen LogP contribution in [0.3, 0.4) is 0 Å². The molecule has 0 aromatic heterocycles. The molecule has 81 heavy (non-hydrogen) atoms. The summed E-state index contributed by atoms with van der Waals surface area (Å²) in [7, 11) is 1.22. The van der Waals surface area contributed by atoms with Gasteiger partial charge < -0.3 is 106 Å². The lowest BCUT2D eigenvalue weighted by Crippen LogP contribution is -2.69. The van der Waals surface area contributed by atoms with E-state index in [0.29, 0.717) is 12.8 Å². The van der Waals surface area contributed by atoms with Gasteiger partial charge in [0.1, 0.15) is 62.5 Å². The fourth-order valence-corrected chi connectivity index (χ4v) is 8.90. The Labute approximate surface area is 463 Å². The summed E-state index contributed by atoms with van der Waals surface area (Å²) in [4.78, 5) is 127. The molecular formula is C49H72O32. The third-order valence-electron chi connectivity index (χ3n) is 12.2. The van der Waals surface area contributed by atoms with E-state index in [1.165, 1.54) is 7.11 Å². The molecule has 0 saturated carbocycles. The number of hydrogen-bond acceptors (Lipinski definition) is 32. The molecule has 20 atom stereocenters. The molecule has 0 bridgehead atoms. The molecule has 0 spiro atoms. The zero-order valence-corrected chi connectivity index (χ0v) is 46.1. The predicted octanol–water partition coefficient (Wildman–Crippen LogP) is -2.85. The van der Waals surface area contributed by atoms with E-state index in [1.807, 2.05) is 0 Å². The molecule has 4 heterocycles. The summed E-state index contributed by atoms with van der Waals surface area (Å²) >= 11 is 0. The zero-order chi connectivity index (χ0) is 60.4. The second-order valence-electron chi connectivity index (χ2n) is 18.7. The van der Waals surface area contributed by atoms with Gasteiger partial charge in [-0.1, -0.05) is 6.42 Å². The first kappa shape index (κ1) is 67.7. The van der Waals surface area contributed by atoms with Crippen LogP contribution in [0.15, 0.2) is 0 Å². The van der Waals surface area contributed by atoms with E-state index in [-0.39, 0.29) is 19.4 Å². The van der Waals surface area contributed by atoms with E-state index >= 15 is 0 Å². The van der Waals surface area contributed by atoms with Crippen molar-refractivity contribution in [2.75, 3.05) is 40.1 Å². The maximum absolute atomic E-state index is 13.3. The van der Waals surface area contributed by atoms with Crippen LogP contribution in [0.25, 0.3) is 0 Å². The smallest absolute Gasteiger partial charge is 0.305 e. The number of aliphatic hydroxyl groups is 4. The average Bonchev–Trinajstić information content (AvgIpc) is 3.58. The van der Waals surface area contributed by atoms with Crippen LogP contribution in [0.1, 0.15) is 88.0 Å². The number of unbranched alkanes of at least 4 members (excludes halogenated alkanes) is 2. The van der Waals surface area contributed by atoms with Crippen molar-refractivity contribution in [1.82, 2.24) is 0 Å². The summed E-state index contributed by atoms with van der Waals surface area (Å²) in [5.41, 5.74) is 0. The van der Waals surface area contributed by atoms with Gasteiger partial charge in [-0.25, -0.2) is 0 Å². The van der Waals surface area contributed by atoms with Gasteiger partial charge in [0.2, 0.25) is 0 Å². The topological polar surface area (TPSA) is 418 Å². The number of methoxy groups -OCH3 is 1. The Morgan fingerprint density at radius 3 is 1.05 bits per heavy atom. The van der Waals surface area contributed by atoms with Gasteiger partial charge in [0.15, 0.2) is 80.1 Å². The summed E-state index contributed by atoms with van der Waals surface area (Å²) in [6, 6.07) is 0. The minimum atomic E-state index is -2.26. The van der Waals surface area contributed by atoms with Gasteiger partial charge in [-0.3, -0.25) is 47.9 Å². The summed E-state index contributed by atoms with van der Waals surface area (Å²) in [5.74, 6) is -9.43. The van der Waals surface area contributed by atoms with Crippen molar-refractivity contribution in [3.63, 3.8) is 0 Å². The number of aliphatic hydroxyl groups excluding tert-OH is 4. The summed E-state index contributed by atoms with van der Waals surface area (Å²) < 4.78 is 105. The average molecular weight is 1170 g/mol. The number of esters is 10. The largest absolute Gasteiger partial charge is 0.469 e. The Morgan fingerprint density at radius 1 is 0.370 bits per heavy atom. The third kappa shape index (κ3) is 20.3. The molecule has 4 rings (SSSR count). The summed E-state index contributed by atoms with van der Waals surface area (Å²) in [6.45, 7) is 5.32. The fourth-order valence-electron chi connectivity index (χ4n) is 8.90. The molecule has 4 aliphatic heterocycles. The third-order valence-corrected chi connectivity index (χ3v) is 12.2. The Balaban J connectivity index is 2.04. The van der Waals surface area contributed by atoms with Crippen molar-refractivity contribution >= 4 is 59.7 Å². The van der Waals surface area contributed by atoms with Crippen molar-refractivity contribution in [3.05, 3.63) is 0 Å². The quantitative estimate of drug-likeness (QED) is 0.0385. The molecular weight excluding hydrogens is 1100 g/mol. The monoisotopic (exact) mass is 1170 g/mol. The highest BCUT2D eigenvalue weighted by atomic mass is 16.8. The van der Waals surface area contributed by atoms with Gasteiger partial charge in [0.25, 0.3) is 0 Å². The van der Waals surface area contributed by atoms with Crippen molar-refractivity contribution < 1.29 is 154 Å². The molecule has 0 radical (unpaired) electrons. The van der Waals surface area contributed by atoms with E-state index in [0.717, 1.165) is 62.3 Å². The van der Waals surface area contributed by atoms with Crippen LogP contribution >= 0.6 is 0 Å². The molecule has 0 unspecified atom stereocenters. The number of rotatable bonds is 26. The van der Waals surface area contributed by atoms with Crippen LogP contribution in [0.5, 0.6) is 0 Å². The van der Waals surface area contributed by atoms with Gasteiger partial charge in [-0.05, 0) is 12.8 Å². The van der Waals surface area contributed by atoms with Crippen molar-refractivity contribution in [3.8, 4) is 0 Å². The molecule has 0 aromatic carbocycles. The summed E-state index contributed by atoms with van der Waals surface area (Å²) in [6.07, 6.45) is -37.8. The van der Waals surface area contributed by atoms with Crippen LogP contribution in [0, 0.1) is 0 Å². The predicted molar refractivity (Wildman–Crippen MR) is 254 cm³/mol. The van der Waals surface area contributed by atoms with E-state index in [9.17, 15) is 68.4 Å². The molecule has 460 valence electrons. The van der Waals surface area contributed by atoms with Crippen LogP contribution in [0.2, 0.25) is 0 Å². The van der Waals surface area contributed by atoms with Crippen molar-refractivity contribution in [1.29, 1.82) is 0 Å². The SMILES string of the molecule is COC(=O)CCCCCO[C@H]1O[C@H](COC(C)=O)[C@@H](OC(C)=O)[C@H](OC(C)=O)[C@H]1O[C@H]1O[C@H](COC(C)=O)[C@@H](OC(C)=O)[C@H](OC(C)=O)[C@H]1O[C@H]1O[C@H](COC(C)=O)[C@@H](OC(C)=O)[C@H](OC(C)=O)[C@H]1O[C@H]1O[C@H](CO)[C@@H](O)[C@H](O)[C@H]1O. The lowest BCUT2D eigenvalue weighted by molar-refractivity contribution is -0.406. The normalized spacial score (nSPS) is 33.8. The lowest BCUT2D eigenvalue weighted by atomic mass is 9.95. The molecule has 0 aliphatic carbocycles. The van der Waals surface area contributed by atoms with E-state index in [2.05, 4.69) is 0 Å². The molecule has 32 heteroatoms. The van der Waals surface area contributed by atoms with E-state index in [4.69, 9.17) is 85.3 Å². The second kappa shape index (κ2) is 32.2.